The Morgan fingerprint density at radius 3 is 2.45 bits per heavy atom. The molecule has 3 fully saturated rings. The summed E-state index contributed by atoms with van der Waals surface area (Å²) in [5.74, 6) is -1.47. The normalized spacial score (nSPS) is 24.2. The van der Waals surface area contributed by atoms with Crippen LogP contribution >= 0.6 is 0 Å². The number of ether oxygens (including phenoxy) is 1. The summed E-state index contributed by atoms with van der Waals surface area (Å²) in [6, 6.07) is -1.46. The van der Waals surface area contributed by atoms with E-state index in [4.69, 9.17) is 10.5 Å². The van der Waals surface area contributed by atoms with Crippen LogP contribution in [0.15, 0.2) is 12.2 Å². The fourth-order valence-electron chi connectivity index (χ4n) is 4.70. The van der Waals surface area contributed by atoms with E-state index in [0.717, 1.165) is 19.3 Å². The molecule has 2 aliphatic carbocycles. The molecule has 4 amide bonds. The molecule has 3 aliphatic rings. The van der Waals surface area contributed by atoms with Gasteiger partial charge >= 0.3 is 6.09 Å². The molecule has 2 saturated carbocycles. The number of likely N-dealkylation sites (tertiary alicyclic amines) is 1. The van der Waals surface area contributed by atoms with Crippen molar-refractivity contribution in [2.75, 3.05) is 6.54 Å². The number of nitrogens with two attached hydrogens (primary N) is 1. The molecule has 1 heterocycles. The molecule has 0 aromatic carbocycles. The third kappa shape index (κ3) is 8.99. The van der Waals surface area contributed by atoms with Crippen LogP contribution in [0.1, 0.15) is 85.0 Å². The van der Waals surface area contributed by atoms with Crippen molar-refractivity contribution in [3.8, 4) is 0 Å². The van der Waals surface area contributed by atoms with Crippen LogP contribution in [-0.2, 0) is 29.1 Å². The number of sulfonamides is 1. The van der Waals surface area contributed by atoms with Crippen molar-refractivity contribution < 1.29 is 32.3 Å². The molecule has 1 saturated heterocycles. The molecule has 4 N–H and O–H groups in total. The summed E-state index contributed by atoms with van der Waals surface area (Å²) in [6.07, 6.45) is 9.96. The minimum atomic E-state index is -3.50. The maximum absolute atomic E-state index is 13.2. The Morgan fingerprint density at radius 2 is 1.82 bits per heavy atom. The predicted molar refractivity (Wildman–Crippen MR) is 141 cm³/mol. The van der Waals surface area contributed by atoms with Gasteiger partial charge in [-0.15, -0.1) is 0 Å². The van der Waals surface area contributed by atoms with Gasteiger partial charge in [0.25, 0.3) is 0 Å². The molecule has 1 aliphatic heterocycles. The number of hydrogen-bond donors (Lipinski definition) is 3. The third-order valence-electron chi connectivity index (χ3n) is 6.98. The molecular weight excluding hydrogens is 512 g/mol. The van der Waals surface area contributed by atoms with Crippen molar-refractivity contribution in [2.45, 2.75) is 108 Å². The van der Waals surface area contributed by atoms with Gasteiger partial charge in [0.2, 0.25) is 27.7 Å². The van der Waals surface area contributed by atoms with Gasteiger partial charge in [0.1, 0.15) is 17.7 Å². The van der Waals surface area contributed by atoms with Gasteiger partial charge in [0.05, 0.1) is 5.25 Å². The van der Waals surface area contributed by atoms with Crippen molar-refractivity contribution >= 4 is 33.8 Å². The number of amides is 4. The summed E-state index contributed by atoms with van der Waals surface area (Å²) in [7, 11) is -3.50. The zero-order valence-electron chi connectivity index (χ0n) is 22.6. The van der Waals surface area contributed by atoms with E-state index in [9.17, 15) is 27.6 Å². The minimum Gasteiger partial charge on any atom is -0.444 e. The monoisotopic (exact) mass is 554 g/mol. The molecular formula is C26H42N4O7S. The number of allylic oxidation sites excluding steroid dienone is 2. The molecule has 214 valence electrons. The van der Waals surface area contributed by atoms with E-state index < -0.39 is 50.9 Å². The number of alkyl carbamates (subject to hydrolysis) is 1. The van der Waals surface area contributed by atoms with Crippen LogP contribution < -0.4 is 15.8 Å². The van der Waals surface area contributed by atoms with Gasteiger partial charge in [0.15, 0.2) is 0 Å². The summed E-state index contributed by atoms with van der Waals surface area (Å²) < 4.78 is 31.4. The largest absolute Gasteiger partial charge is 0.444 e. The lowest BCUT2D eigenvalue weighted by atomic mass is 10.0. The molecule has 38 heavy (non-hydrogen) atoms. The second-order valence-corrected chi connectivity index (χ2v) is 13.5. The molecule has 4 unspecified atom stereocenters. The highest BCUT2D eigenvalue weighted by Crippen LogP contribution is 2.40. The first kappa shape index (κ1) is 29.9. The Kier molecular flexibility index (Phi) is 9.83. The first-order chi connectivity index (χ1) is 17.8. The Hall–Kier alpha value is -2.63. The van der Waals surface area contributed by atoms with Crippen molar-refractivity contribution in [3.05, 3.63) is 12.2 Å². The second-order valence-electron chi connectivity index (χ2n) is 11.6. The van der Waals surface area contributed by atoms with Crippen molar-refractivity contribution in [3.63, 3.8) is 0 Å². The van der Waals surface area contributed by atoms with Gasteiger partial charge in [-0.3, -0.25) is 19.1 Å². The van der Waals surface area contributed by atoms with Gasteiger partial charge in [-0.25, -0.2) is 13.2 Å². The van der Waals surface area contributed by atoms with Crippen LogP contribution in [-0.4, -0.2) is 66.6 Å². The van der Waals surface area contributed by atoms with Crippen molar-refractivity contribution in [1.29, 1.82) is 0 Å². The fourth-order valence-corrected chi connectivity index (χ4v) is 6.05. The highest BCUT2D eigenvalue weighted by molar-refractivity contribution is 7.90. The molecule has 11 nitrogen and oxygen atoms in total. The lowest BCUT2D eigenvalue weighted by molar-refractivity contribution is -0.139. The summed E-state index contributed by atoms with van der Waals surface area (Å²) in [5.41, 5.74) is 4.76. The topological polar surface area (TPSA) is 165 Å². The number of carbonyl (C=O) groups excluding carboxylic acids is 4. The quantitative estimate of drug-likeness (QED) is 0.232. The van der Waals surface area contributed by atoms with Crippen molar-refractivity contribution in [2.24, 2.45) is 17.6 Å². The van der Waals surface area contributed by atoms with Crippen LogP contribution in [0.25, 0.3) is 0 Å². The number of rotatable bonds is 13. The smallest absolute Gasteiger partial charge is 0.408 e. The van der Waals surface area contributed by atoms with Crippen molar-refractivity contribution in [1.82, 2.24) is 14.9 Å². The van der Waals surface area contributed by atoms with Crippen LogP contribution in [0.5, 0.6) is 0 Å². The van der Waals surface area contributed by atoms with Gasteiger partial charge in [0, 0.05) is 12.5 Å². The zero-order valence-corrected chi connectivity index (χ0v) is 23.4. The Bertz CT molecular complexity index is 1030. The van der Waals surface area contributed by atoms with Crippen LogP contribution in [0.3, 0.4) is 0 Å². The number of carbonyl (C=O) groups is 4. The summed E-state index contributed by atoms with van der Waals surface area (Å²) in [6.45, 7) is 5.66. The lowest BCUT2D eigenvalue weighted by Crippen LogP contribution is -2.53. The number of primary amides is 1. The second kappa shape index (κ2) is 12.5. The van der Waals surface area contributed by atoms with Crippen LogP contribution in [0.2, 0.25) is 0 Å². The summed E-state index contributed by atoms with van der Waals surface area (Å²) in [5, 5.41) is 2.27. The third-order valence-corrected chi connectivity index (χ3v) is 8.82. The van der Waals surface area contributed by atoms with E-state index in [1.807, 2.05) is 12.2 Å². The lowest BCUT2D eigenvalue weighted by Gasteiger charge is -2.28. The first-order valence-electron chi connectivity index (χ1n) is 13.6. The van der Waals surface area contributed by atoms with E-state index in [0.29, 0.717) is 51.5 Å². The van der Waals surface area contributed by atoms with Gasteiger partial charge in [-0.1, -0.05) is 25.0 Å². The van der Waals surface area contributed by atoms with Gasteiger partial charge in [-0.2, -0.15) is 0 Å². The van der Waals surface area contributed by atoms with E-state index in [1.165, 1.54) is 4.90 Å². The molecule has 0 radical (unpaired) electrons. The standard InChI is InChI=1S/C26H42N4O7S/c1-26(2,3)37-25(34)28-20(24(33)30-15-9-12-21(30)22(27)31)11-8-6-4-5-7-10-17-16-19(17)23(32)29-38(35,36)18-13-14-18/h7,10,17-21H,4-6,8-9,11-16H2,1-3H3,(H2,27,31)(H,28,34)(H,29,32). The van der Waals surface area contributed by atoms with E-state index in [2.05, 4.69) is 10.0 Å². The van der Waals surface area contributed by atoms with Gasteiger partial charge < -0.3 is 20.7 Å². The molecule has 3 rings (SSSR count). The predicted octanol–water partition coefficient (Wildman–Crippen LogP) is 2.11. The maximum atomic E-state index is 13.2. The summed E-state index contributed by atoms with van der Waals surface area (Å²) in [4.78, 5) is 50.9. The van der Waals surface area contributed by atoms with Crippen LogP contribution in [0.4, 0.5) is 4.79 Å². The van der Waals surface area contributed by atoms with E-state index in [-0.39, 0.29) is 17.7 Å². The Morgan fingerprint density at radius 1 is 1.11 bits per heavy atom. The molecule has 0 spiro atoms. The molecule has 0 bridgehead atoms. The van der Waals surface area contributed by atoms with E-state index >= 15 is 0 Å². The summed E-state index contributed by atoms with van der Waals surface area (Å²) >= 11 is 0. The number of nitrogens with one attached hydrogen (secondary N) is 2. The fraction of sp³-hybridized carbons (Fsp3) is 0.769. The Labute approximate surface area is 225 Å². The SMILES string of the molecule is CC(C)(C)OC(=O)NC(CCCCCC=CC1CC1C(=O)NS(=O)(=O)C1CC1)C(=O)N1CCCC1C(N)=O. The minimum absolute atomic E-state index is 0.0723. The molecule has 0 aromatic heterocycles. The Balaban J connectivity index is 1.41. The first-order valence-corrected chi connectivity index (χ1v) is 15.1. The molecule has 12 heteroatoms. The van der Waals surface area contributed by atoms with Gasteiger partial charge in [-0.05, 0) is 78.1 Å². The number of nitrogens with zero attached hydrogens (tertiary/aromatic N) is 1. The zero-order chi connectivity index (χ0) is 28.1. The highest BCUT2D eigenvalue weighted by atomic mass is 32.2. The number of unbranched alkanes of at least 4 members (excludes halogenated alkanes) is 3. The maximum Gasteiger partial charge on any atom is 0.408 e. The van der Waals surface area contributed by atoms with Crippen LogP contribution in [0, 0.1) is 11.8 Å². The average molecular weight is 555 g/mol. The highest BCUT2D eigenvalue weighted by Gasteiger charge is 2.45. The molecule has 4 atom stereocenters. The molecule has 0 aromatic rings. The average Bonchev–Trinajstić information content (AvgIpc) is 3.72. The number of hydrogen-bond acceptors (Lipinski definition) is 7. The van der Waals surface area contributed by atoms with E-state index in [1.54, 1.807) is 20.8 Å².